The standard InChI is InChI=1S/C25H30N6O2S/c1-17-23(34-30-11-12-31-20(16-30)9-10-28-31)13-22(29(17)2)25(33)27-15-18-5-3-4-6-21(18)19-7-8-24(32)26-14-19/h3-6,9-10,13,19H,7-8,11-12,14-16H2,1-2H3,(H,26,32)(H,27,33). The van der Waals surface area contributed by atoms with Crippen LogP contribution in [0.1, 0.15) is 51.8 Å². The van der Waals surface area contributed by atoms with Crippen molar-refractivity contribution in [2.75, 3.05) is 13.1 Å². The number of rotatable bonds is 6. The Morgan fingerprint density at radius 3 is 2.94 bits per heavy atom. The normalized spacial score (nSPS) is 18.4. The summed E-state index contributed by atoms with van der Waals surface area (Å²) >= 11 is 1.70. The van der Waals surface area contributed by atoms with Gasteiger partial charge in [-0.15, -0.1) is 0 Å². The molecule has 34 heavy (non-hydrogen) atoms. The van der Waals surface area contributed by atoms with Gasteiger partial charge in [0, 0.05) is 55.8 Å². The molecule has 0 bridgehead atoms. The van der Waals surface area contributed by atoms with Crippen LogP contribution in [0.3, 0.4) is 0 Å². The first-order chi connectivity index (χ1) is 16.5. The first kappa shape index (κ1) is 22.7. The summed E-state index contributed by atoms with van der Waals surface area (Å²) in [6.45, 7) is 5.78. The lowest BCUT2D eigenvalue weighted by Gasteiger charge is -2.26. The van der Waals surface area contributed by atoms with Gasteiger partial charge >= 0.3 is 0 Å². The number of hydrogen-bond donors (Lipinski definition) is 2. The van der Waals surface area contributed by atoms with Crippen molar-refractivity contribution in [2.24, 2.45) is 7.05 Å². The zero-order chi connectivity index (χ0) is 23.7. The second-order valence-corrected chi connectivity index (χ2v) is 10.1. The van der Waals surface area contributed by atoms with Crippen LogP contribution in [0, 0.1) is 6.92 Å². The molecule has 1 atom stereocenters. The molecule has 4 heterocycles. The highest BCUT2D eigenvalue weighted by Crippen LogP contribution is 2.31. The molecule has 0 spiro atoms. The van der Waals surface area contributed by atoms with Gasteiger partial charge in [0.1, 0.15) is 5.69 Å². The van der Waals surface area contributed by atoms with E-state index >= 15 is 0 Å². The third-order valence-electron chi connectivity index (χ3n) is 6.85. The highest BCUT2D eigenvalue weighted by molar-refractivity contribution is 7.97. The van der Waals surface area contributed by atoms with Crippen molar-refractivity contribution in [3.8, 4) is 0 Å². The van der Waals surface area contributed by atoms with Crippen molar-refractivity contribution < 1.29 is 9.59 Å². The third kappa shape index (κ3) is 4.63. The van der Waals surface area contributed by atoms with Crippen LogP contribution >= 0.6 is 11.9 Å². The minimum absolute atomic E-state index is 0.0825. The second kappa shape index (κ2) is 9.68. The molecule has 0 radical (unpaired) electrons. The third-order valence-corrected chi connectivity index (χ3v) is 8.03. The molecule has 1 unspecified atom stereocenters. The minimum atomic E-state index is -0.0825. The van der Waals surface area contributed by atoms with Gasteiger partial charge in [0.05, 0.1) is 18.8 Å². The maximum absolute atomic E-state index is 13.1. The van der Waals surface area contributed by atoms with Crippen LogP contribution in [0.2, 0.25) is 0 Å². The van der Waals surface area contributed by atoms with Gasteiger partial charge in [-0.1, -0.05) is 24.3 Å². The molecule has 3 aromatic rings. The average Bonchev–Trinajstić information content (AvgIpc) is 3.43. The smallest absolute Gasteiger partial charge is 0.268 e. The Bertz CT molecular complexity index is 1210. The molecule has 178 valence electrons. The van der Waals surface area contributed by atoms with E-state index in [1.54, 1.807) is 11.9 Å². The van der Waals surface area contributed by atoms with Crippen LogP contribution in [-0.4, -0.2) is 43.6 Å². The SMILES string of the molecule is Cc1c(SN2CCn3nccc3C2)cc(C(=O)NCc2ccccc2C2CCC(=O)NC2)n1C. The molecule has 2 N–H and O–H groups in total. The molecule has 8 nitrogen and oxygen atoms in total. The number of piperidine rings is 1. The maximum Gasteiger partial charge on any atom is 0.268 e. The van der Waals surface area contributed by atoms with Gasteiger partial charge in [-0.25, -0.2) is 4.31 Å². The largest absolute Gasteiger partial charge is 0.355 e. The van der Waals surface area contributed by atoms with Gasteiger partial charge in [0.15, 0.2) is 0 Å². The van der Waals surface area contributed by atoms with E-state index in [-0.39, 0.29) is 17.7 Å². The number of aromatic nitrogens is 3. The Kier molecular flexibility index (Phi) is 6.47. The molecular weight excluding hydrogens is 448 g/mol. The molecule has 0 aliphatic carbocycles. The zero-order valence-electron chi connectivity index (χ0n) is 19.6. The number of fused-ring (bicyclic) bond motifs is 1. The molecule has 5 rings (SSSR count). The monoisotopic (exact) mass is 478 g/mol. The van der Waals surface area contributed by atoms with E-state index in [1.165, 1.54) is 11.3 Å². The Morgan fingerprint density at radius 1 is 1.26 bits per heavy atom. The van der Waals surface area contributed by atoms with Crippen LogP contribution in [-0.2, 0) is 31.5 Å². The zero-order valence-corrected chi connectivity index (χ0v) is 20.4. The topological polar surface area (TPSA) is 84.2 Å². The van der Waals surface area contributed by atoms with Gasteiger partial charge in [0.25, 0.3) is 5.91 Å². The number of carbonyl (C=O) groups is 2. The second-order valence-electron chi connectivity index (χ2n) is 8.96. The lowest BCUT2D eigenvalue weighted by Crippen LogP contribution is -2.34. The Labute approximate surface area is 203 Å². The molecule has 9 heteroatoms. The van der Waals surface area contributed by atoms with Crippen molar-refractivity contribution in [2.45, 2.75) is 50.2 Å². The van der Waals surface area contributed by atoms with Crippen LogP contribution in [0.15, 0.2) is 47.5 Å². The maximum atomic E-state index is 13.1. The average molecular weight is 479 g/mol. The van der Waals surface area contributed by atoms with Crippen LogP contribution in [0.4, 0.5) is 0 Å². The van der Waals surface area contributed by atoms with E-state index in [0.29, 0.717) is 25.2 Å². The first-order valence-electron chi connectivity index (χ1n) is 11.7. The fourth-order valence-electron chi connectivity index (χ4n) is 4.72. The fraction of sp³-hybridized carbons (Fsp3) is 0.400. The molecule has 2 amide bonds. The number of nitrogens with zero attached hydrogens (tertiary/aromatic N) is 4. The van der Waals surface area contributed by atoms with Gasteiger partial charge in [0.2, 0.25) is 5.91 Å². The highest BCUT2D eigenvalue weighted by Gasteiger charge is 2.23. The number of nitrogens with one attached hydrogen (secondary N) is 2. The van der Waals surface area contributed by atoms with Crippen molar-refractivity contribution in [3.63, 3.8) is 0 Å². The summed E-state index contributed by atoms with van der Waals surface area (Å²) < 4.78 is 6.33. The Hall–Kier alpha value is -3.04. The number of hydrogen-bond acceptors (Lipinski definition) is 5. The minimum Gasteiger partial charge on any atom is -0.355 e. The lowest BCUT2D eigenvalue weighted by molar-refractivity contribution is -0.122. The molecule has 1 fully saturated rings. The van der Waals surface area contributed by atoms with Crippen LogP contribution in [0.5, 0.6) is 0 Å². The Morgan fingerprint density at radius 2 is 2.12 bits per heavy atom. The van der Waals surface area contributed by atoms with Crippen LogP contribution in [0.25, 0.3) is 0 Å². The van der Waals surface area contributed by atoms with Gasteiger partial charge < -0.3 is 15.2 Å². The number of carbonyl (C=O) groups excluding carboxylic acids is 2. The van der Waals surface area contributed by atoms with E-state index in [0.717, 1.165) is 42.2 Å². The number of amides is 2. The fourth-order valence-corrected chi connectivity index (χ4v) is 5.80. The summed E-state index contributed by atoms with van der Waals surface area (Å²) in [4.78, 5) is 25.8. The molecule has 1 saturated heterocycles. The lowest BCUT2D eigenvalue weighted by atomic mass is 9.88. The van der Waals surface area contributed by atoms with Crippen molar-refractivity contribution >= 4 is 23.8 Å². The molecule has 2 aliphatic rings. The van der Waals surface area contributed by atoms with E-state index in [4.69, 9.17) is 0 Å². The summed E-state index contributed by atoms with van der Waals surface area (Å²) in [5.41, 5.74) is 5.24. The summed E-state index contributed by atoms with van der Waals surface area (Å²) in [5.74, 6) is 0.317. The van der Waals surface area contributed by atoms with E-state index in [1.807, 2.05) is 40.7 Å². The Balaban J connectivity index is 1.25. The predicted molar refractivity (Wildman–Crippen MR) is 131 cm³/mol. The highest BCUT2D eigenvalue weighted by atomic mass is 32.2. The van der Waals surface area contributed by atoms with Crippen molar-refractivity contribution in [1.82, 2.24) is 29.3 Å². The van der Waals surface area contributed by atoms with Crippen molar-refractivity contribution in [1.29, 1.82) is 0 Å². The quantitative estimate of drug-likeness (QED) is 0.532. The van der Waals surface area contributed by atoms with Gasteiger partial charge in [-0.05, 0) is 48.6 Å². The van der Waals surface area contributed by atoms with E-state index in [9.17, 15) is 9.59 Å². The van der Waals surface area contributed by atoms with E-state index < -0.39 is 0 Å². The van der Waals surface area contributed by atoms with E-state index in [2.05, 4.69) is 45.2 Å². The van der Waals surface area contributed by atoms with Gasteiger partial charge in [-0.2, -0.15) is 5.10 Å². The summed E-state index contributed by atoms with van der Waals surface area (Å²) in [5, 5.41) is 10.4. The molecule has 2 aliphatic heterocycles. The van der Waals surface area contributed by atoms with Gasteiger partial charge in [-0.3, -0.25) is 14.3 Å². The summed E-state index contributed by atoms with van der Waals surface area (Å²) in [6.07, 6.45) is 3.24. The van der Waals surface area contributed by atoms with Crippen molar-refractivity contribution in [3.05, 3.63) is 70.8 Å². The molecule has 2 aromatic heterocycles. The molecule has 0 saturated carbocycles. The van der Waals surface area contributed by atoms with Crippen LogP contribution < -0.4 is 10.6 Å². The summed E-state index contributed by atoms with van der Waals surface area (Å²) in [7, 11) is 1.94. The summed E-state index contributed by atoms with van der Waals surface area (Å²) in [6, 6.07) is 12.2. The predicted octanol–water partition coefficient (Wildman–Crippen LogP) is 2.98. The molecular formula is C25H30N6O2S. The molecule has 1 aromatic carbocycles. The first-order valence-corrected chi connectivity index (χ1v) is 12.5. The number of benzene rings is 1.